The van der Waals surface area contributed by atoms with Gasteiger partial charge in [-0.1, -0.05) is 13.8 Å². The molecule has 1 fully saturated rings. The highest BCUT2D eigenvalue weighted by Crippen LogP contribution is 2.16. The lowest BCUT2D eigenvalue weighted by molar-refractivity contribution is -0.126. The highest BCUT2D eigenvalue weighted by Gasteiger charge is 2.29. The van der Waals surface area contributed by atoms with Gasteiger partial charge in [-0.15, -0.1) is 0 Å². The second kappa shape index (κ2) is 5.87. The molecule has 0 bridgehead atoms. The lowest BCUT2D eigenvalue weighted by atomic mass is 10.0. The van der Waals surface area contributed by atoms with E-state index < -0.39 is 12.7 Å². The maximum Gasteiger partial charge on any atom is 0.401 e. The Morgan fingerprint density at radius 1 is 1.25 bits per heavy atom. The van der Waals surface area contributed by atoms with Crippen LogP contribution < -0.4 is 5.32 Å². The van der Waals surface area contributed by atoms with Crippen LogP contribution in [0.15, 0.2) is 0 Å². The fourth-order valence-electron chi connectivity index (χ4n) is 2.10. The molecule has 1 aliphatic rings. The Hall–Kier alpha value is -0.290. The molecule has 1 saturated heterocycles. The largest absolute Gasteiger partial charge is 0.401 e. The van der Waals surface area contributed by atoms with Gasteiger partial charge in [0, 0.05) is 12.6 Å². The van der Waals surface area contributed by atoms with Crippen molar-refractivity contribution in [2.45, 2.75) is 38.9 Å². The third-order valence-corrected chi connectivity index (χ3v) is 2.80. The summed E-state index contributed by atoms with van der Waals surface area (Å²) >= 11 is 0. The summed E-state index contributed by atoms with van der Waals surface area (Å²) in [5.74, 6) is 0.625. The van der Waals surface area contributed by atoms with Crippen molar-refractivity contribution < 1.29 is 13.2 Å². The van der Waals surface area contributed by atoms with E-state index in [1.54, 1.807) is 0 Å². The second-order valence-electron chi connectivity index (χ2n) is 4.96. The summed E-state index contributed by atoms with van der Waals surface area (Å²) in [4.78, 5) is 2.33. The fourth-order valence-corrected chi connectivity index (χ4v) is 2.10. The minimum atomic E-state index is -4.09. The monoisotopic (exact) mass is 238 g/mol. The van der Waals surface area contributed by atoms with Crippen molar-refractivity contribution in [2.75, 3.05) is 26.2 Å². The third-order valence-electron chi connectivity index (χ3n) is 2.80. The van der Waals surface area contributed by atoms with Crippen LogP contribution in [-0.2, 0) is 0 Å². The molecule has 2 nitrogen and oxygen atoms in total. The van der Waals surface area contributed by atoms with Crippen LogP contribution in [0.4, 0.5) is 13.2 Å². The first kappa shape index (κ1) is 13.8. The van der Waals surface area contributed by atoms with Gasteiger partial charge in [-0.3, -0.25) is 0 Å². The summed E-state index contributed by atoms with van der Waals surface area (Å²) in [5, 5.41) is 2.58. The minimum absolute atomic E-state index is 0.0324. The van der Waals surface area contributed by atoms with Gasteiger partial charge in [-0.2, -0.15) is 13.2 Å². The number of hydrogen-bond donors (Lipinski definition) is 1. The Kier molecular flexibility index (Phi) is 5.05. The summed E-state index contributed by atoms with van der Waals surface area (Å²) in [6.45, 7) is 6.33. The molecule has 1 rings (SSSR count). The Labute approximate surface area is 95.2 Å². The van der Waals surface area contributed by atoms with E-state index in [0.29, 0.717) is 5.92 Å². The lowest BCUT2D eigenvalue weighted by Crippen LogP contribution is -2.45. The van der Waals surface area contributed by atoms with Crippen molar-refractivity contribution in [3.05, 3.63) is 0 Å². The van der Waals surface area contributed by atoms with E-state index in [1.165, 1.54) is 0 Å². The topological polar surface area (TPSA) is 15.3 Å². The molecule has 0 radical (unpaired) electrons. The highest BCUT2D eigenvalue weighted by atomic mass is 19.4. The molecule has 0 aliphatic carbocycles. The zero-order valence-electron chi connectivity index (χ0n) is 9.98. The first-order valence-electron chi connectivity index (χ1n) is 5.89. The molecule has 0 aromatic heterocycles. The molecule has 0 amide bonds. The van der Waals surface area contributed by atoms with Crippen molar-refractivity contribution in [3.63, 3.8) is 0 Å². The van der Waals surface area contributed by atoms with Gasteiger partial charge in [0.05, 0.1) is 6.54 Å². The molecule has 5 heteroatoms. The van der Waals surface area contributed by atoms with E-state index in [9.17, 15) is 13.2 Å². The van der Waals surface area contributed by atoms with Crippen LogP contribution in [0.1, 0.15) is 26.7 Å². The Balaban J connectivity index is 2.17. The van der Waals surface area contributed by atoms with Crippen LogP contribution in [-0.4, -0.2) is 43.3 Å². The van der Waals surface area contributed by atoms with Gasteiger partial charge < -0.3 is 10.2 Å². The Morgan fingerprint density at radius 2 is 1.81 bits per heavy atom. The van der Waals surface area contributed by atoms with Crippen LogP contribution in [0.2, 0.25) is 0 Å². The number of rotatable bonds is 4. The molecular weight excluding hydrogens is 217 g/mol. The molecule has 0 aromatic rings. The molecule has 0 unspecified atom stereocenters. The van der Waals surface area contributed by atoms with Crippen molar-refractivity contribution in [3.8, 4) is 0 Å². The second-order valence-corrected chi connectivity index (χ2v) is 4.96. The zero-order valence-corrected chi connectivity index (χ0v) is 9.98. The molecule has 0 saturated carbocycles. The lowest BCUT2D eigenvalue weighted by Gasteiger charge is -2.33. The van der Waals surface area contributed by atoms with Crippen molar-refractivity contribution in [2.24, 2.45) is 5.92 Å². The van der Waals surface area contributed by atoms with E-state index in [4.69, 9.17) is 0 Å². The maximum absolute atomic E-state index is 12.0. The van der Waals surface area contributed by atoms with E-state index in [2.05, 4.69) is 24.1 Å². The Bertz CT molecular complexity index is 196. The molecular formula is C11H21F3N2. The van der Waals surface area contributed by atoms with E-state index in [0.717, 1.165) is 32.5 Å². The minimum Gasteiger partial charge on any atom is -0.306 e. The van der Waals surface area contributed by atoms with E-state index in [1.807, 2.05) is 0 Å². The number of likely N-dealkylation sites (tertiary alicyclic amines) is 1. The van der Waals surface area contributed by atoms with Gasteiger partial charge in [0.1, 0.15) is 0 Å². The Morgan fingerprint density at radius 3 is 2.25 bits per heavy atom. The molecule has 16 heavy (non-hydrogen) atoms. The average molecular weight is 238 g/mol. The highest BCUT2D eigenvalue weighted by molar-refractivity contribution is 4.78. The fraction of sp³-hybridized carbons (Fsp3) is 1.00. The van der Waals surface area contributed by atoms with Crippen molar-refractivity contribution >= 4 is 0 Å². The molecule has 0 spiro atoms. The number of piperidine rings is 1. The van der Waals surface area contributed by atoms with E-state index >= 15 is 0 Å². The van der Waals surface area contributed by atoms with Crippen molar-refractivity contribution in [1.29, 1.82) is 0 Å². The van der Waals surface area contributed by atoms with Gasteiger partial charge in [0.2, 0.25) is 0 Å². The third kappa shape index (κ3) is 5.70. The predicted octanol–water partition coefficient (Wildman–Crippen LogP) is 2.26. The number of alkyl halides is 3. The molecule has 1 heterocycles. The number of nitrogens with zero attached hydrogens (tertiary/aromatic N) is 1. The van der Waals surface area contributed by atoms with Crippen LogP contribution in [0, 0.1) is 5.92 Å². The first-order valence-corrected chi connectivity index (χ1v) is 5.89. The van der Waals surface area contributed by atoms with Gasteiger partial charge in [0.15, 0.2) is 0 Å². The normalized spacial score (nSPS) is 20.6. The van der Waals surface area contributed by atoms with Crippen LogP contribution in [0.25, 0.3) is 0 Å². The van der Waals surface area contributed by atoms with Crippen molar-refractivity contribution in [1.82, 2.24) is 10.2 Å². The predicted molar refractivity (Wildman–Crippen MR) is 58.4 cm³/mol. The summed E-state index contributed by atoms with van der Waals surface area (Å²) < 4.78 is 36.0. The SMILES string of the molecule is CC(C)CN1CCC(NCC(F)(F)F)CC1. The van der Waals surface area contributed by atoms with Gasteiger partial charge >= 0.3 is 6.18 Å². The van der Waals surface area contributed by atoms with Gasteiger partial charge in [0.25, 0.3) is 0 Å². The van der Waals surface area contributed by atoms with Gasteiger partial charge in [-0.05, 0) is 31.8 Å². The molecule has 0 atom stereocenters. The average Bonchev–Trinajstić information content (AvgIpc) is 2.14. The number of halogens is 3. The summed E-state index contributed by atoms with van der Waals surface area (Å²) in [6, 6.07) is 0.0324. The molecule has 1 aliphatic heterocycles. The summed E-state index contributed by atoms with van der Waals surface area (Å²) in [5.41, 5.74) is 0. The molecule has 96 valence electrons. The smallest absolute Gasteiger partial charge is 0.306 e. The molecule has 0 aromatic carbocycles. The van der Waals surface area contributed by atoms with Crippen LogP contribution in [0.5, 0.6) is 0 Å². The maximum atomic E-state index is 12.0. The summed E-state index contributed by atoms with van der Waals surface area (Å²) in [7, 11) is 0. The summed E-state index contributed by atoms with van der Waals surface area (Å²) in [6.07, 6.45) is -2.44. The van der Waals surface area contributed by atoms with Crippen LogP contribution in [0.3, 0.4) is 0 Å². The van der Waals surface area contributed by atoms with Gasteiger partial charge in [-0.25, -0.2) is 0 Å². The quantitative estimate of drug-likeness (QED) is 0.808. The molecule has 1 N–H and O–H groups in total. The van der Waals surface area contributed by atoms with E-state index in [-0.39, 0.29) is 6.04 Å². The number of hydrogen-bond acceptors (Lipinski definition) is 2. The van der Waals surface area contributed by atoms with Crippen LogP contribution >= 0.6 is 0 Å². The zero-order chi connectivity index (χ0) is 12.2. The standard InChI is InChI=1S/C11H21F3N2/c1-9(2)7-16-5-3-10(4-6-16)15-8-11(12,13)14/h9-10,15H,3-8H2,1-2H3. The first-order chi connectivity index (χ1) is 7.37. The number of nitrogens with one attached hydrogen (secondary N) is 1.